The Kier molecular flexibility index (Phi) is 18.4. The normalized spacial score (nSPS) is 11.1. The lowest BCUT2D eigenvalue weighted by molar-refractivity contribution is 0.0287. The van der Waals surface area contributed by atoms with Crippen LogP contribution in [0, 0.1) is 0 Å². The molecule has 0 radical (unpaired) electrons. The lowest BCUT2D eigenvalue weighted by Gasteiger charge is -2.24. The van der Waals surface area contributed by atoms with Crippen molar-refractivity contribution in [1.82, 2.24) is 19.8 Å². The van der Waals surface area contributed by atoms with Gasteiger partial charge >= 0.3 is 24.1 Å². The second-order valence-corrected chi connectivity index (χ2v) is 13.5. The van der Waals surface area contributed by atoms with E-state index in [-0.39, 0.29) is 43.9 Å². The molecular formula is C36H56N4O10. The van der Waals surface area contributed by atoms with Gasteiger partial charge in [-0.25, -0.2) is 24.2 Å². The van der Waals surface area contributed by atoms with E-state index < -0.39 is 29.2 Å². The molecule has 0 aliphatic heterocycles. The first-order valence-electron chi connectivity index (χ1n) is 16.8. The number of carbonyl (C=O) groups is 4. The third kappa shape index (κ3) is 17.4. The first kappa shape index (κ1) is 43.7. The average Bonchev–Trinajstić information content (AvgIpc) is 3.03. The summed E-state index contributed by atoms with van der Waals surface area (Å²) in [6.45, 7) is 15.5. The van der Waals surface area contributed by atoms with Crippen LogP contribution in [0.15, 0.2) is 24.3 Å². The average molecular weight is 705 g/mol. The zero-order valence-corrected chi connectivity index (χ0v) is 31.3. The zero-order valence-electron chi connectivity index (χ0n) is 31.3. The van der Waals surface area contributed by atoms with E-state index in [1.807, 2.05) is 53.7 Å². The monoisotopic (exact) mass is 704 g/mol. The van der Waals surface area contributed by atoms with Gasteiger partial charge in [0.25, 0.3) is 0 Å². The first-order chi connectivity index (χ1) is 23.3. The number of hydrogen-bond acceptors (Lipinski definition) is 12. The molecule has 0 saturated carbocycles. The van der Waals surface area contributed by atoms with Crippen molar-refractivity contribution in [3.63, 3.8) is 0 Å². The van der Waals surface area contributed by atoms with E-state index in [0.717, 1.165) is 24.0 Å². The van der Waals surface area contributed by atoms with Crippen molar-refractivity contribution in [1.29, 1.82) is 0 Å². The molecule has 2 aromatic rings. The number of ether oxygens (including phenoxy) is 4. The predicted octanol–water partition coefficient (Wildman–Crippen LogP) is 5.10. The minimum absolute atomic E-state index is 0.0582. The highest BCUT2D eigenvalue weighted by atomic mass is 16.6. The number of nitrogens with zero attached hydrogens (tertiary/aromatic N) is 4. The Morgan fingerprint density at radius 1 is 0.640 bits per heavy atom. The Hall–Kier alpha value is -4.30. The summed E-state index contributed by atoms with van der Waals surface area (Å²) in [6, 6.07) is 6.81. The number of aliphatic hydroxyl groups excluding tert-OH is 2. The van der Waals surface area contributed by atoms with Crippen molar-refractivity contribution in [2.24, 2.45) is 0 Å². The van der Waals surface area contributed by atoms with Crippen LogP contribution in [0.25, 0.3) is 0 Å². The van der Waals surface area contributed by atoms with Crippen LogP contribution in [-0.2, 0) is 45.0 Å². The molecule has 0 bridgehead atoms. The van der Waals surface area contributed by atoms with Crippen molar-refractivity contribution in [3.8, 4) is 0 Å². The minimum atomic E-state index is -0.597. The number of pyridine rings is 2. The number of esters is 2. The number of carbonyl (C=O) groups excluding carboxylic acids is 4. The lowest BCUT2D eigenvalue weighted by atomic mass is 10.1. The molecule has 0 aliphatic rings. The van der Waals surface area contributed by atoms with Gasteiger partial charge < -0.3 is 39.0 Å². The first-order valence-corrected chi connectivity index (χ1v) is 16.8. The Bertz CT molecular complexity index is 1340. The maximum atomic E-state index is 12.0. The van der Waals surface area contributed by atoms with E-state index in [9.17, 15) is 19.2 Å². The second-order valence-electron chi connectivity index (χ2n) is 13.5. The molecule has 0 fully saturated rings. The summed E-state index contributed by atoms with van der Waals surface area (Å²) >= 11 is 0. The van der Waals surface area contributed by atoms with Crippen molar-refractivity contribution in [3.05, 3.63) is 58.2 Å². The van der Waals surface area contributed by atoms with Gasteiger partial charge in [-0.3, -0.25) is 4.98 Å². The van der Waals surface area contributed by atoms with Crippen LogP contribution >= 0.6 is 0 Å². The molecule has 0 saturated heterocycles. The van der Waals surface area contributed by atoms with Crippen molar-refractivity contribution < 1.29 is 48.3 Å². The largest absolute Gasteiger partial charge is 0.461 e. The molecule has 2 amide bonds. The SMILES string of the molecule is CCOC(=O)c1cc(CCCN(C)C(=O)OC(C)(C)C)cc(C(=O)OCC)n1.CN(CCCc1cc(CO)nc(CO)c1)C(=O)OC(C)(C)C. The quantitative estimate of drug-likeness (QED) is 0.197. The summed E-state index contributed by atoms with van der Waals surface area (Å²) in [7, 11) is 3.37. The van der Waals surface area contributed by atoms with Gasteiger partial charge in [-0.2, -0.15) is 0 Å². The molecule has 2 rings (SSSR count). The van der Waals surface area contributed by atoms with Crippen molar-refractivity contribution in [2.75, 3.05) is 40.4 Å². The van der Waals surface area contributed by atoms with Crippen molar-refractivity contribution in [2.45, 2.75) is 105 Å². The van der Waals surface area contributed by atoms with Gasteiger partial charge in [-0.05, 0) is 116 Å². The molecule has 14 nitrogen and oxygen atoms in total. The van der Waals surface area contributed by atoms with E-state index in [2.05, 4.69) is 9.97 Å². The smallest absolute Gasteiger partial charge is 0.410 e. The molecule has 0 aliphatic carbocycles. The van der Waals surface area contributed by atoms with Gasteiger partial charge in [-0.15, -0.1) is 0 Å². The van der Waals surface area contributed by atoms with Crippen LogP contribution in [0.5, 0.6) is 0 Å². The Morgan fingerprint density at radius 2 is 1.00 bits per heavy atom. The summed E-state index contributed by atoms with van der Waals surface area (Å²) in [5.41, 5.74) is 1.87. The molecule has 2 heterocycles. The van der Waals surface area contributed by atoms with Gasteiger partial charge in [-0.1, -0.05) is 0 Å². The summed E-state index contributed by atoms with van der Waals surface area (Å²) in [5.74, 6) is -1.19. The van der Waals surface area contributed by atoms with E-state index >= 15 is 0 Å². The fourth-order valence-corrected chi connectivity index (χ4v) is 4.28. The van der Waals surface area contributed by atoms with E-state index in [1.165, 1.54) is 4.90 Å². The van der Waals surface area contributed by atoms with Crippen LogP contribution in [0.2, 0.25) is 0 Å². The van der Waals surface area contributed by atoms with E-state index in [1.54, 1.807) is 45.0 Å². The number of rotatable bonds is 14. The summed E-state index contributed by atoms with van der Waals surface area (Å²) in [5, 5.41) is 18.3. The van der Waals surface area contributed by atoms with E-state index in [0.29, 0.717) is 37.3 Å². The number of aromatic nitrogens is 2. The molecular weight excluding hydrogens is 648 g/mol. The van der Waals surface area contributed by atoms with Gasteiger partial charge in [0.2, 0.25) is 0 Å². The van der Waals surface area contributed by atoms with Crippen LogP contribution in [0.1, 0.15) is 112 Å². The summed E-state index contributed by atoms with van der Waals surface area (Å²) < 4.78 is 20.5. The third-order valence-corrected chi connectivity index (χ3v) is 6.50. The topological polar surface area (TPSA) is 178 Å². The minimum Gasteiger partial charge on any atom is -0.461 e. The highest BCUT2D eigenvalue weighted by Gasteiger charge is 2.21. The van der Waals surface area contributed by atoms with Crippen LogP contribution in [0.4, 0.5) is 9.59 Å². The van der Waals surface area contributed by atoms with Gasteiger partial charge in [0.1, 0.15) is 22.6 Å². The van der Waals surface area contributed by atoms with E-state index in [4.69, 9.17) is 29.2 Å². The molecule has 2 N–H and O–H groups in total. The maximum absolute atomic E-state index is 12.0. The third-order valence-electron chi connectivity index (χ3n) is 6.50. The number of aryl methyl sites for hydroxylation is 2. The lowest BCUT2D eigenvalue weighted by Crippen LogP contribution is -2.34. The second kappa shape index (κ2) is 21.0. The van der Waals surface area contributed by atoms with Gasteiger partial charge in [0.15, 0.2) is 0 Å². The molecule has 0 unspecified atom stereocenters. The summed E-state index contributed by atoms with van der Waals surface area (Å²) in [6.07, 6.45) is 1.90. The fraction of sp³-hybridized carbons (Fsp3) is 0.611. The van der Waals surface area contributed by atoms with Crippen molar-refractivity contribution >= 4 is 24.1 Å². The van der Waals surface area contributed by atoms with Crippen LogP contribution in [-0.4, -0.2) is 106 Å². The standard InChI is InChI=1S/C20H30N2O6.C16H26N2O4/c1-7-26-17(23)15-12-14(13-16(21-15)18(24)27-8-2)10-9-11-22(6)19(25)28-20(3,4)5;1-16(2,3)22-15(21)18(4)7-5-6-12-8-13(10-19)17-14(9-12)11-20/h12-13H,7-11H2,1-6H3;8-9,19-20H,5-7,10-11H2,1-4H3. The molecule has 280 valence electrons. The van der Waals surface area contributed by atoms with Crippen LogP contribution in [0.3, 0.4) is 0 Å². The van der Waals surface area contributed by atoms with Crippen LogP contribution < -0.4 is 0 Å². The molecule has 2 aromatic heterocycles. The fourth-order valence-electron chi connectivity index (χ4n) is 4.28. The Morgan fingerprint density at radius 3 is 1.32 bits per heavy atom. The number of hydrogen-bond donors (Lipinski definition) is 2. The Labute approximate surface area is 296 Å². The number of aliphatic hydroxyl groups is 2. The molecule has 50 heavy (non-hydrogen) atoms. The zero-order chi connectivity index (χ0) is 38.1. The Balaban J connectivity index is 0.000000515. The summed E-state index contributed by atoms with van der Waals surface area (Å²) in [4.78, 5) is 59.1. The highest BCUT2D eigenvalue weighted by molar-refractivity contribution is 5.92. The highest BCUT2D eigenvalue weighted by Crippen LogP contribution is 2.14. The molecule has 0 spiro atoms. The maximum Gasteiger partial charge on any atom is 0.410 e. The van der Waals surface area contributed by atoms with Gasteiger partial charge in [0, 0.05) is 27.2 Å². The number of amides is 2. The predicted molar refractivity (Wildman–Crippen MR) is 187 cm³/mol. The van der Waals surface area contributed by atoms with Gasteiger partial charge in [0.05, 0.1) is 37.8 Å². The molecule has 0 atom stereocenters. The molecule has 0 aromatic carbocycles. The molecule has 14 heteroatoms.